The first-order chi connectivity index (χ1) is 10.8. The predicted octanol–water partition coefficient (Wildman–Crippen LogP) is 6.20. The maximum Gasteiger partial charge on any atom is 0.0790 e. The van der Waals surface area contributed by atoms with Crippen molar-refractivity contribution in [2.75, 3.05) is 0 Å². The van der Waals surface area contributed by atoms with Gasteiger partial charge >= 0.3 is 0 Å². The third-order valence-electron chi connectivity index (χ3n) is 5.20. The van der Waals surface area contributed by atoms with Crippen LogP contribution in [0.1, 0.15) is 94.8 Å². The third kappa shape index (κ3) is 6.12. The van der Waals surface area contributed by atoms with E-state index in [0.29, 0.717) is 0 Å². The van der Waals surface area contributed by atoms with Gasteiger partial charge in [0, 0.05) is 0 Å². The molecule has 0 aliphatic heterocycles. The fourth-order valence-corrected chi connectivity index (χ4v) is 3.81. The van der Waals surface area contributed by atoms with Crippen molar-refractivity contribution in [2.24, 2.45) is 5.92 Å². The van der Waals surface area contributed by atoms with Crippen molar-refractivity contribution in [1.29, 1.82) is 0 Å². The predicted molar refractivity (Wildman–Crippen MR) is 95.1 cm³/mol. The minimum absolute atomic E-state index is 0.282. The Kier molecular flexibility index (Phi) is 8.01. The van der Waals surface area contributed by atoms with Crippen LogP contribution in [0.2, 0.25) is 0 Å². The Bertz CT molecular complexity index is 404. The van der Waals surface area contributed by atoms with Crippen molar-refractivity contribution in [1.82, 2.24) is 0 Å². The lowest BCUT2D eigenvalue weighted by Gasteiger charge is -2.14. The van der Waals surface area contributed by atoms with Gasteiger partial charge in [0.1, 0.15) is 0 Å². The van der Waals surface area contributed by atoms with Gasteiger partial charge in [0.15, 0.2) is 0 Å². The number of hydrogen-bond acceptors (Lipinski definition) is 1. The molecule has 0 amide bonds. The van der Waals surface area contributed by atoms with Crippen LogP contribution < -0.4 is 0 Å². The molecule has 1 N–H and O–H groups in total. The molecule has 1 nitrogen and oxygen atoms in total. The molecule has 0 radical (unpaired) electrons. The van der Waals surface area contributed by atoms with Gasteiger partial charge in [-0.2, -0.15) is 0 Å². The van der Waals surface area contributed by atoms with Crippen molar-refractivity contribution in [2.45, 2.75) is 90.1 Å². The van der Waals surface area contributed by atoms with E-state index in [2.05, 4.69) is 31.2 Å². The molecule has 1 aromatic rings. The molecule has 0 aromatic heterocycles. The van der Waals surface area contributed by atoms with Crippen molar-refractivity contribution in [3.63, 3.8) is 0 Å². The summed E-state index contributed by atoms with van der Waals surface area (Å²) in [5, 5.41) is 10.1. The summed E-state index contributed by atoms with van der Waals surface area (Å²) < 4.78 is 0. The largest absolute Gasteiger partial charge is 0.388 e. The molecule has 1 saturated carbocycles. The van der Waals surface area contributed by atoms with Crippen molar-refractivity contribution < 1.29 is 5.11 Å². The Labute approximate surface area is 137 Å². The standard InChI is InChI=1S/C21H34O/c1-2-10-21(22)20-16-9-15-19(17-20)14-8-7-13-18-11-5-3-4-6-12-18/h9,15-18,21-22H,2-8,10-14H2,1H3. The second-order valence-corrected chi connectivity index (χ2v) is 7.15. The minimum atomic E-state index is -0.282. The Hall–Kier alpha value is -0.820. The molecule has 1 heteroatoms. The fraction of sp³-hybridized carbons (Fsp3) is 0.714. The van der Waals surface area contributed by atoms with E-state index in [-0.39, 0.29) is 6.10 Å². The van der Waals surface area contributed by atoms with Crippen LogP contribution in [0.15, 0.2) is 24.3 Å². The Morgan fingerprint density at radius 2 is 1.86 bits per heavy atom. The molecule has 0 heterocycles. The Morgan fingerprint density at radius 1 is 1.09 bits per heavy atom. The van der Waals surface area contributed by atoms with Crippen LogP contribution in [0, 0.1) is 5.92 Å². The molecule has 124 valence electrons. The van der Waals surface area contributed by atoms with Crippen LogP contribution in [0.4, 0.5) is 0 Å². The van der Waals surface area contributed by atoms with Crippen LogP contribution >= 0.6 is 0 Å². The monoisotopic (exact) mass is 302 g/mol. The number of aryl methyl sites for hydroxylation is 1. The smallest absolute Gasteiger partial charge is 0.0790 e. The maximum absolute atomic E-state index is 10.1. The summed E-state index contributed by atoms with van der Waals surface area (Å²) in [6.45, 7) is 2.13. The van der Waals surface area contributed by atoms with Crippen LogP contribution in [-0.4, -0.2) is 5.11 Å². The first kappa shape index (κ1) is 17.5. The molecule has 1 aliphatic carbocycles. The van der Waals surface area contributed by atoms with E-state index >= 15 is 0 Å². The van der Waals surface area contributed by atoms with Gasteiger partial charge in [-0.05, 0) is 36.3 Å². The molecule has 1 fully saturated rings. The second kappa shape index (κ2) is 10.0. The Balaban J connectivity index is 1.71. The van der Waals surface area contributed by atoms with Crippen LogP contribution in [0.3, 0.4) is 0 Å². The van der Waals surface area contributed by atoms with Crippen LogP contribution in [0.25, 0.3) is 0 Å². The van der Waals surface area contributed by atoms with E-state index in [9.17, 15) is 5.11 Å². The highest BCUT2D eigenvalue weighted by Gasteiger charge is 2.11. The highest BCUT2D eigenvalue weighted by molar-refractivity contribution is 5.25. The Morgan fingerprint density at radius 3 is 2.59 bits per heavy atom. The zero-order valence-corrected chi connectivity index (χ0v) is 14.4. The number of aliphatic hydroxyl groups is 1. The summed E-state index contributed by atoms with van der Waals surface area (Å²) in [6.07, 6.45) is 15.7. The average Bonchev–Trinajstić information content (AvgIpc) is 2.81. The molecular formula is C21H34O. The highest BCUT2D eigenvalue weighted by atomic mass is 16.3. The van der Waals surface area contributed by atoms with Gasteiger partial charge < -0.3 is 5.11 Å². The quantitative estimate of drug-likeness (QED) is 0.447. The summed E-state index contributed by atoms with van der Waals surface area (Å²) in [4.78, 5) is 0. The van der Waals surface area contributed by atoms with E-state index in [1.807, 2.05) is 0 Å². The molecule has 0 bridgehead atoms. The molecular weight excluding hydrogens is 268 g/mol. The lowest BCUT2D eigenvalue weighted by molar-refractivity contribution is 0.166. The topological polar surface area (TPSA) is 20.2 Å². The van der Waals surface area contributed by atoms with Gasteiger partial charge in [0.2, 0.25) is 0 Å². The lowest BCUT2D eigenvalue weighted by Crippen LogP contribution is -2.00. The molecule has 1 aliphatic rings. The summed E-state index contributed by atoms with van der Waals surface area (Å²) in [5.74, 6) is 1.00. The molecule has 2 rings (SSSR count). The van der Waals surface area contributed by atoms with E-state index in [4.69, 9.17) is 0 Å². The van der Waals surface area contributed by atoms with Gasteiger partial charge in [-0.15, -0.1) is 0 Å². The van der Waals surface area contributed by atoms with Crippen LogP contribution in [0.5, 0.6) is 0 Å². The fourth-order valence-electron chi connectivity index (χ4n) is 3.81. The summed E-state index contributed by atoms with van der Waals surface area (Å²) in [7, 11) is 0. The SMILES string of the molecule is CCCC(O)c1cccc(CCCCC2CCCCCC2)c1. The molecule has 22 heavy (non-hydrogen) atoms. The summed E-state index contributed by atoms with van der Waals surface area (Å²) >= 11 is 0. The highest BCUT2D eigenvalue weighted by Crippen LogP contribution is 2.27. The zero-order chi connectivity index (χ0) is 15.6. The molecule has 1 unspecified atom stereocenters. The molecule has 1 aromatic carbocycles. The molecule has 1 atom stereocenters. The van der Waals surface area contributed by atoms with Crippen LogP contribution in [-0.2, 0) is 6.42 Å². The zero-order valence-electron chi connectivity index (χ0n) is 14.4. The first-order valence-electron chi connectivity index (χ1n) is 9.56. The summed E-state index contributed by atoms with van der Waals surface area (Å²) in [6, 6.07) is 8.60. The maximum atomic E-state index is 10.1. The first-order valence-corrected chi connectivity index (χ1v) is 9.56. The molecule has 0 spiro atoms. The second-order valence-electron chi connectivity index (χ2n) is 7.15. The van der Waals surface area contributed by atoms with E-state index in [1.54, 1.807) is 0 Å². The number of aliphatic hydroxyl groups excluding tert-OH is 1. The van der Waals surface area contributed by atoms with E-state index in [0.717, 1.165) is 24.3 Å². The minimum Gasteiger partial charge on any atom is -0.388 e. The normalized spacial score (nSPS) is 18.1. The van der Waals surface area contributed by atoms with Crippen molar-refractivity contribution in [3.8, 4) is 0 Å². The van der Waals surface area contributed by atoms with Gasteiger partial charge in [-0.3, -0.25) is 0 Å². The number of hydrogen-bond donors (Lipinski definition) is 1. The number of benzene rings is 1. The van der Waals surface area contributed by atoms with Crippen molar-refractivity contribution in [3.05, 3.63) is 35.4 Å². The summed E-state index contributed by atoms with van der Waals surface area (Å²) in [5.41, 5.74) is 2.50. The van der Waals surface area contributed by atoms with Gasteiger partial charge in [0.25, 0.3) is 0 Å². The van der Waals surface area contributed by atoms with E-state index in [1.165, 1.54) is 69.8 Å². The van der Waals surface area contributed by atoms with E-state index < -0.39 is 0 Å². The third-order valence-corrected chi connectivity index (χ3v) is 5.20. The number of unbranched alkanes of at least 4 members (excludes halogenated alkanes) is 1. The van der Waals surface area contributed by atoms with Crippen molar-refractivity contribution >= 4 is 0 Å². The van der Waals surface area contributed by atoms with Gasteiger partial charge in [-0.25, -0.2) is 0 Å². The van der Waals surface area contributed by atoms with Gasteiger partial charge in [-0.1, -0.05) is 89.0 Å². The lowest BCUT2D eigenvalue weighted by atomic mass is 9.93. The number of rotatable bonds is 8. The average molecular weight is 303 g/mol. The van der Waals surface area contributed by atoms with Gasteiger partial charge in [0.05, 0.1) is 6.10 Å². The molecule has 0 saturated heterocycles.